The molecule has 0 amide bonds. The third-order valence-corrected chi connectivity index (χ3v) is 4.56. The molecule has 0 aliphatic heterocycles. The molecule has 0 saturated heterocycles. The highest BCUT2D eigenvalue weighted by molar-refractivity contribution is 5.87. The van der Waals surface area contributed by atoms with Crippen molar-refractivity contribution in [1.29, 1.82) is 0 Å². The summed E-state index contributed by atoms with van der Waals surface area (Å²) in [6, 6.07) is 15.7. The van der Waals surface area contributed by atoms with Gasteiger partial charge in [0.05, 0.1) is 0 Å². The van der Waals surface area contributed by atoms with Crippen molar-refractivity contribution in [2.24, 2.45) is 7.05 Å². The third kappa shape index (κ3) is 2.52. The van der Waals surface area contributed by atoms with Gasteiger partial charge in [0.15, 0.2) is 6.20 Å². The van der Waals surface area contributed by atoms with Crippen molar-refractivity contribution in [2.75, 3.05) is 0 Å². The van der Waals surface area contributed by atoms with Crippen LogP contribution in [-0.2, 0) is 19.9 Å². The third-order valence-electron chi connectivity index (χ3n) is 4.56. The number of fused-ring (bicyclic) bond motifs is 1. The van der Waals surface area contributed by atoms with E-state index in [0.29, 0.717) is 0 Å². The Morgan fingerprint density at radius 3 is 2.41 bits per heavy atom. The van der Waals surface area contributed by atoms with Gasteiger partial charge in [0.25, 0.3) is 0 Å². The molecule has 1 nitrogen and oxygen atoms in total. The molecule has 0 bridgehead atoms. The molecule has 0 spiro atoms. The number of aromatic nitrogens is 1. The van der Waals surface area contributed by atoms with Crippen LogP contribution >= 0.6 is 0 Å². The van der Waals surface area contributed by atoms with E-state index in [0.717, 1.165) is 12.8 Å². The minimum Gasteiger partial charge on any atom is -0.200 e. The highest BCUT2D eigenvalue weighted by atomic mass is 14.9. The van der Waals surface area contributed by atoms with Crippen molar-refractivity contribution in [3.8, 4) is 11.3 Å². The normalized spacial score (nSPS) is 11.1. The second-order valence-corrected chi connectivity index (χ2v) is 6.05. The first-order valence-corrected chi connectivity index (χ1v) is 8.15. The van der Waals surface area contributed by atoms with Crippen LogP contribution in [0.5, 0.6) is 0 Å². The Labute approximate surface area is 133 Å². The quantitative estimate of drug-likeness (QED) is 0.612. The summed E-state index contributed by atoms with van der Waals surface area (Å²) in [4.78, 5) is 0. The van der Waals surface area contributed by atoms with E-state index < -0.39 is 0 Å². The molecule has 1 aromatic heterocycles. The Kier molecular flexibility index (Phi) is 3.98. The molecule has 0 saturated carbocycles. The Balaban J connectivity index is 2.30. The second kappa shape index (κ2) is 5.92. The fourth-order valence-corrected chi connectivity index (χ4v) is 3.22. The molecule has 0 unspecified atom stereocenters. The lowest BCUT2D eigenvalue weighted by molar-refractivity contribution is -0.659. The average molecular weight is 290 g/mol. The van der Waals surface area contributed by atoms with Crippen LogP contribution in [0.4, 0.5) is 0 Å². The molecule has 112 valence electrons. The molecule has 0 aliphatic carbocycles. The summed E-state index contributed by atoms with van der Waals surface area (Å²) in [6.45, 7) is 6.65. The molecular weight excluding hydrogens is 266 g/mol. The minimum absolute atomic E-state index is 1.08. The van der Waals surface area contributed by atoms with Gasteiger partial charge in [-0.25, -0.2) is 4.57 Å². The van der Waals surface area contributed by atoms with Crippen LogP contribution < -0.4 is 4.57 Å². The Morgan fingerprint density at radius 1 is 0.955 bits per heavy atom. The molecule has 22 heavy (non-hydrogen) atoms. The van der Waals surface area contributed by atoms with E-state index in [9.17, 15) is 0 Å². The van der Waals surface area contributed by atoms with E-state index in [1.807, 2.05) is 0 Å². The van der Waals surface area contributed by atoms with Gasteiger partial charge in [-0.3, -0.25) is 0 Å². The lowest BCUT2D eigenvalue weighted by Gasteiger charge is -2.10. The lowest BCUT2D eigenvalue weighted by Crippen LogP contribution is -2.30. The van der Waals surface area contributed by atoms with Crippen molar-refractivity contribution >= 4 is 10.8 Å². The van der Waals surface area contributed by atoms with Gasteiger partial charge in [0.2, 0.25) is 5.69 Å². The first-order chi connectivity index (χ1) is 10.6. The summed E-state index contributed by atoms with van der Waals surface area (Å²) in [7, 11) is 2.15. The second-order valence-electron chi connectivity index (χ2n) is 6.05. The van der Waals surface area contributed by atoms with E-state index >= 15 is 0 Å². The minimum atomic E-state index is 1.08. The van der Waals surface area contributed by atoms with E-state index in [2.05, 4.69) is 81.0 Å². The first-order valence-electron chi connectivity index (χ1n) is 8.15. The van der Waals surface area contributed by atoms with Crippen molar-refractivity contribution < 1.29 is 4.57 Å². The Bertz CT molecular complexity index is 831. The van der Waals surface area contributed by atoms with E-state index in [-0.39, 0.29) is 0 Å². The van der Waals surface area contributed by atoms with Gasteiger partial charge < -0.3 is 0 Å². The molecule has 2 aromatic carbocycles. The van der Waals surface area contributed by atoms with Crippen LogP contribution in [0, 0.1) is 6.92 Å². The zero-order valence-electron chi connectivity index (χ0n) is 14.0. The fourth-order valence-electron chi connectivity index (χ4n) is 3.22. The smallest absolute Gasteiger partial charge is 0.200 e. The molecule has 1 heterocycles. The molecule has 0 aliphatic rings. The molecule has 3 aromatic rings. The van der Waals surface area contributed by atoms with Gasteiger partial charge >= 0.3 is 0 Å². The van der Waals surface area contributed by atoms with Gasteiger partial charge in [0, 0.05) is 17.0 Å². The molecule has 0 radical (unpaired) electrons. The summed E-state index contributed by atoms with van der Waals surface area (Å²) < 4.78 is 2.26. The van der Waals surface area contributed by atoms with Crippen LogP contribution in [0.2, 0.25) is 0 Å². The molecule has 0 N–H and O–H groups in total. The predicted octanol–water partition coefficient (Wildman–Crippen LogP) is 4.76. The van der Waals surface area contributed by atoms with Crippen molar-refractivity contribution in [3.05, 3.63) is 65.4 Å². The summed E-state index contributed by atoms with van der Waals surface area (Å²) in [6.07, 6.45) is 4.45. The van der Waals surface area contributed by atoms with Crippen LogP contribution in [0.25, 0.3) is 22.0 Å². The number of rotatable bonds is 3. The monoisotopic (exact) mass is 290 g/mol. The maximum absolute atomic E-state index is 2.36. The highest BCUT2D eigenvalue weighted by Gasteiger charge is 2.15. The van der Waals surface area contributed by atoms with Gasteiger partial charge in [-0.2, -0.15) is 0 Å². The Hall–Kier alpha value is -2.15. The van der Waals surface area contributed by atoms with Crippen LogP contribution in [0.15, 0.2) is 48.7 Å². The maximum Gasteiger partial charge on any atom is 0.213 e. The lowest BCUT2D eigenvalue weighted by atomic mass is 9.97. The van der Waals surface area contributed by atoms with Gasteiger partial charge in [-0.15, -0.1) is 0 Å². The number of pyridine rings is 1. The van der Waals surface area contributed by atoms with E-state index in [1.54, 1.807) is 0 Å². The molecule has 0 atom stereocenters. The van der Waals surface area contributed by atoms with E-state index in [1.165, 1.54) is 38.7 Å². The maximum atomic E-state index is 2.36. The summed E-state index contributed by atoms with van der Waals surface area (Å²) in [5.41, 5.74) is 6.78. The number of aryl methyl sites for hydroxylation is 4. The number of benzene rings is 2. The number of hydrogen-bond acceptors (Lipinski definition) is 0. The van der Waals surface area contributed by atoms with Crippen LogP contribution in [-0.4, -0.2) is 0 Å². The Morgan fingerprint density at radius 2 is 1.73 bits per heavy atom. The van der Waals surface area contributed by atoms with Crippen molar-refractivity contribution in [2.45, 2.75) is 33.6 Å². The van der Waals surface area contributed by atoms with Gasteiger partial charge in [-0.1, -0.05) is 44.2 Å². The molecule has 3 rings (SSSR count). The van der Waals surface area contributed by atoms with Crippen molar-refractivity contribution in [1.82, 2.24) is 0 Å². The summed E-state index contributed by atoms with van der Waals surface area (Å²) >= 11 is 0. The van der Waals surface area contributed by atoms with E-state index in [4.69, 9.17) is 0 Å². The summed E-state index contributed by atoms with van der Waals surface area (Å²) in [5.74, 6) is 0. The number of nitrogens with zero attached hydrogens (tertiary/aromatic N) is 1. The highest BCUT2D eigenvalue weighted by Crippen LogP contribution is 2.26. The summed E-state index contributed by atoms with van der Waals surface area (Å²) in [5, 5.41) is 2.73. The molecular formula is C21H24N+. The topological polar surface area (TPSA) is 3.88 Å². The molecule has 1 heteroatoms. The fraction of sp³-hybridized carbons (Fsp3) is 0.286. The zero-order chi connectivity index (χ0) is 15.7. The predicted molar refractivity (Wildman–Crippen MR) is 94.1 cm³/mol. The molecule has 0 fully saturated rings. The van der Waals surface area contributed by atoms with Crippen LogP contribution in [0.3, 0.4) is 0 Å². The average Bonchev–Trinajstić information content (AvgIpc) is 2.54. The standard InChI is InChI=1S/C21H24N/c1-5-16-11-17(6-2)20-14-22(4)21(13-18(20)12-16)19-10-8-7-9-15(19)3/h7-14H,5-6H2,1-4H3/q+1. The van der Waals surface area contributed by atoms with Gasteiger partial charge in [0.1, 0.15) is 7.05 Å². The largest absolute Gasteiger partial charge is 0.213 e. The first kappa shape index (κ1) is 14.8. The van der Waals surface area contributed by atoms with Gasteiger partial charge in [-0.05, 0) is 47.9 Å². The van der Waals surface area contributed by atoms with Crippen LogP contribution in [0.1, 0.15) is 30.5 Å². The SMILES string of the molecule is CCc1cc(CC)c2c[n+](C)c(-c3ccccc3C)cc2c1. The van der Waals surface area contributed by atoms with Crippen molar-refractivity contribution in [3.63, 3.8) is 0 Å². The number of hydrogen-bond donors (Lipinski definition) is 0. The zero-order valence-corrected chi connectivity index (χ0v) is 14.0.